The Balaban J connectivity index is 1.77. The van der Waals surface area contributed by atoms with Crippen LogP contribution in [-0.2, 0) is 27.2 Å². The number of ether oxygens (including phenoxy) is 2. The smallest absolute Gasteiger partial charge is 0.292 e. The molecule has 1 N–H and O–H groups in total. The molecular formula is C14H15NO4. The van der Waals surface area contributed by atoms with E-state index in [1.54, 1.807) is 17.0 Å². The van der Waals surface area contributed by atoms with Crippen molar-refractivity contribution >= 4 is 5.91 Å². The molecule has 19 heavy (non-hydrogen) atoms. The van der Waals surface area contributed by atoms with Gasteiger partial charge >= 0.3 is 0 Å². The first kappa shape index (κ1) is 11.9. The third-order valence-corrected chi connectivity index (χ3v) is 3.35. The van der Waals surface area contributed by atoms with E-state index in [9.17, 15) is 9.90 Å². The number of phenolic OH excluding ortho intramolecular Hbond substituents is 1. The zero-order chi connectivity index (χ0) is 13.2. The minimum Gasteiger partial charge on any atom is -0.508 e. The molecule has 0 radical (unpaired) electrons. The minimum atomic E-state index is -0.159. The van der Waals surface area contributed by atoms with Crippen LogP contribution in [0, 0.1) is 0 Å². The van der Waals surface area contributed by atoms with Crippen LogP contribution in [0.15, 0.2) is 30.2 Å². The van der Waals surface area contributed by atoms with Gasteiger partial charge in [-0.2, -0.15) is 0 Å². The summed E-state index contributed by atoms with van der Waals surface area (Å²) in [6.45, 7) is 2.02. The van der Waals surface area contributed by atoms with E-state index in [0.29, 0.717) is 26.3 Å². The second kappa shape index (κ2) is 4.84. The molecule has 100 valence electrons. The maximum absolute atomic E-state index is 12.2. The minimum absolute atomic E-state index is 0.159. The molecule has 3 rings (SSSR count). The van der Waals surface area contributed by atoms with Gasteiger partial charge in [0.05, 0.1) is 0 Å². The molecule has 2 aliphatic heterocycles. The summed E-state index contributed by atoms with van der Waals surface area (Å²) in [5, 5.41) is 9.50. The van der Waals surface area contributed by atoms with Crippen LogP contribution in [0.3, 0.4) is 0 Å². The number of rotatable bonds is 1. The molecule has 0 saturated carbocycles. The second-order valence-electron chi connectivity index (χ2n) is 4.63. The second-order valence-corrected chi connectivity index (χ2v) is 4.63. The monoisotopic (exact) mass is 261 g/mol. The number of fused-ring (bicyclic) bond motifs is 1. The number of nitrogens with zero attached hydrogens (tertiary/aromatic N) is 1. The third-order valence-electron chi connectivity index (χ3n) is 3.35. The molecule has 2 heterocycles. The van der Waals surface area contributed by atoms with Gasteiger partial charge in [0.15, 0.2) is 0 Å². The zero-order valence-corrected chi connectivity index (χ0v) is 10.5. The highest BCUT2D eigenvalue weighted by Crippen LogP contribution is 2.24. The summed E-state index contributed by atoms with van der Waals surface area (Å²) >= 11 is 0. The van der Waals surface area contributed by atoms with Crippen molar-refractivity contribution in [3.63, 3.8) is 0 Å². The van der Waals surface area contributed by atoms with Crippen molar-refractivity contribution in [2.24, 2.45) is 0 Å². The summed E-state index contributed by atoms with van der Waals surface area (Å²) in [4.78, 5) is 13.9. The van der Waals surface area contributed by atoms with E-state index in [1.807, 2.05) is 6.07 Å². The average molecular weight is 261 g/mol. The van der Waals surface area contributed by atoms with Crippen LogP contribution in [-0.4, -0.2) is 35.7 Å². The SMILES string of the molecule is O=C(C1=COCCO1)N1CCc2ccc(O)cc2C1. The molecule has 0 saturated heterocycles. The molecule has 0 aromatic heterocycles. The summed E-state index contributed by atoms with van der Waals surface area (Å²) in [5.74, 6) is 0.327. The maximum Gasteiger partial charge on any atom is 0.292 e. The average Bonchev–Trinajstić information content (AvgIpc) is 2.46. The van der Waals surface area contributed by atoms with Gasteiger partial charge in [-0.25, -0.2) is 0 Å². The Morgan fingerprint density at radius 1 is 1.26 bits per heavy atom. The Labute approximate surface area is 111 Å². The van der Waals surface area contributed by atoms with Gasteiger partial charge in [-0.1, -0.05) is 6.07 Å². The Kier molecular flexibility index (Phi) is 3.03. The highest BCUT2D eigenvalue weighted by atomic mass is 16.6. The number of hydrogen-bond donors (Lipinski definition) is 1. The Hall–Kier alpha value is -2.17. The van der Waals surface area contributed by atoms with E-state index in [1.165, 1.54) is 11.8 Å². The van der Waals surface area contributed by atoms with Crippen LogP contribution < -0.4 is 0 Å². The van der Waals surface area contributed by atoms with Crippen LogP contribution in [0.2, 0.25) is 0 Å². The summed E-state index contributed by atoms with van der Waals surface area (Å²) in [6, 6.07) is 5.30. The van der Waals surface area contributed by atoms with Gasteiger partial charge in [-0.15, -0.1) is 0 Å². The lowest BCUT2D eigenvalue weighted by Crippen LogP contribution is -2.38. The third kappa shape index (κ3) is 2.36. The van der Waals surface area contributed by atoms with Crippen molar-refractivity contribution in [2.75, 3.05) is 19.8 Å². The fourth-order valence-electron chi connectivity index (χ4n) is 2.35. The first-order chi connectivity index (χ1) is 9.24. The lowest BCUT2D eigenvalue weighted by atomic mass is 9.99. The Morgan fingerprint density at radius 3 is 2.95 bits per heavy atom. The Bertz CT molecular complexity index is 538. The highest BCUT2D eigenvalue weighted by molar-refractivity contribution is 5.91. The number of phenols is 1. The van der Waals surface area contributed by atoms with Crippen molar-refractivity contribution in [1.82, 2.24) is 4.90 Å². The number of aromatic hydroxyl groups is 1. The molecule has 5 nitrogen and oxygen atoms in total. The fourth-order valence-corrected chi connectivity index (χ4v) is 2.35. The first-order valence-electron chi connectivity index (χ1n) is 6.28. The normalized spacial score (nSPS) is 17.9. The highest BCUT2D eigenvalue weighted by Gasteiger charge is 2.25. The van der Waals surface area contributed by atoms with Gasteiger partial charge < -0.3 is 19.5 Å². The number of amides is 1. The molecule has 2 aliphatic rings. The van der Waals surface area contributed by atoms with Gasteiger partial charge in [-0.05, 0) is 29.7 Å². The lowest BCUT2D eigenvalue weighted by molar-refractivity contribution is -0.133. The number of carbonyl (C=O) groups excluding carboxylic acids is 1. The quantitative estimate of drug-likeness (QED) is 0.824. The topological polar surface area (TPSA) is 59.0 Å². The predicted molar refractivity (Wildman–Crippen MR) is 67.2 cm³/mol. The van der Waals surface area contributed by atoms with E-state index in [4.69, 9.17) is 9.47 Å². The molecule has 1 aromatic carbocycles. The van der Waals surface area contributed by atoms with Gasteiger partial charge in [0.1, 0.15) is 25.2 Å². The number of carbonyl (C=O) groups is 1. The molecule has 0 bridgehead atoms. The van der Waals surface area contributed by atoms with Crippen LogP contribution in [0.4, 0.5) is 0 Å². The Morgan fingerprint density at radius 2 is 2.16 bits per heavy atom. The zero-order valence-electron chi connectivity index (χ0n) is 10.5. The standard InChI is InChI=1S/C14H15NO4/c16-12-2-1-10-3-4-15(8-11(10)7-12)14(17)13-9-18-5-6-19-13/h1-2,7,9,16H,3-6,8H2. The van der Waals surface area contributed by atoms with Crippen molar-refractivity contribution in [1.29, 1.82) is 0 Å². The molecule has 0 spiro atoms. The molecule has 0 aliphatic carbocycles. The van der Waals surface area contributed by atoms with E-state index in [0.717, 1.165) is 12.0 Å². The summed E-state index contributed by atoms with van der Waals surface area (Å²) in [7, 11) is 0. The summed E-state index contributed by atoms with van der Waals surface area (Å²) < 4.78 is 10.4. The van der Waals surface area contributed by atoms with E-state index in [-0.39, 0.29) is 17.4 Å². The molecule has 1 amide bonds. The molecule has 1 aromatic rings. The van der Waals surface area contributed by atoms with E-state index in [2.05, 4.69) is 0 Å². The van der Waals surface area contributed by atoms with Crippen molar-refractivity contribution in [3.8, 4) is 5.75 Å². The molecule has 0 fully saturated rings. The van der Waals surface area contributed by atoms with Crippen LogP contribution in [0.25, 0.3) is 0 Å². The van der Waals surface area contributed by atoms with Gasteiger partial charge in [0, 0.05) is 13.1 Å². The maximum atomic E-state index is 12.2. The fraction of sp³-hybridized carbons (Fsp3) is 0.357. The lowest BCUT2D eigenvalue weighted by Gasteiger charge is -2.30. The van der Waals surface area contributed by atoms with E-state index < -0.39 is 0 Å². The van der Waals surface area contributed by atoms with E-state index >= 15 is 0 Å². The van der Waals surface area contributed by atoms with Crippen molar-refractivity contribution in [3.05, 3.63) is 41.3 Å². The van der Waals surface area contributed by atoms with Crippen molar-refractivity contribution in [2.45, 2.75) is 13.0 Å². The van der Waals surface area contributed by atoms with Gasteiger partial charge in [0.2, 0.25) is 5.76 Å². The molecular weight excluding hydrogens is 246 g/mol. The van der Waals surface area contributed by atoms with Crippen LogP contribution in [0.5, 0.6) is 5.75 Å². The van der Waals surface area contributed by atoms with Crippen LogP contribution >= 0.6 is 0 Å². The number of hydrogen-bond acceptors (Lipinski definition) is 4. The first-order valence-corrected chi connectivity index (χ1v) is 6.28. The van der Waals surface area contributed by atoms with Gasteiger partial charge in [0.25, 0.3) is 5.91 Å². The van der Waals surface area contributed by atoms with Crippen molar-refractivity contribution < 1.29 is 19.4 Å². The summed E-state index contributed by atoms with van der Waals surface area (Å²) in [5.41, 5.74) is 2.16. The molecule has 0 atom stereocenters. The van der Waals surface area contributed by atoms with Crippen LogP contribution in [0.1, 0.15) is 11.1 Å². The molecule has 5 heteroatoms. The molecule has 0 unspecified atom stereocenters. The largest absolute Gasteiger partial charge is 0.508 e. The summed E-state index contributed by atoms with van der Waals surface area (Å²) in [6.07, 6.45) is 2.17. The van der Waals surface area contributed by atoms with Gasteiger partial charge in [-0.3, -0.25) is 4.79 Å². The number of benzene rings is 1. The predicted octanol–water partition coefficient (Wildman–Crippen LogP) is 1.17.